The summed E-state index contributed by atoms with van der Waals surface area (Å²) in [7, 11) is -3.83. The van der Waals surface area contributed by atoms with Crippen LogP contribution in [0.25, 0.3) is 5.57 Å². The lowest BCUT2D eigenvalue weighted by Gasteiger charge is -2.43. The number of nitrogens with one attached hydrogen (secondary N) is 1. The summed E-state index contributed by atoms with van der Waals surface area (Å²) < 4.78 is 68.2. The maximum atomic E-state index is 13.6. The molecule has 2 aromatic carbocycles. The number of rotatable bonds is 3. The fraction of sp³-hybridized carbons (Fsp3) is 0.263. The molecule has 0 spiro atoms. The molecular formula is C19H19F3N2O2S. The van der Waals surface area contributed by atoms with Crippen molar-refractivity contribution in [3.05, 3.63) is 60.2 Å². The Hall–Kier alpha value is -2.48. The Labute approximate surface area is 156 Å². The SMILES string of the molecule is CC1=CC(C)(C)N(C(F)(F)F)c2ccc(NS(=O)(=O)c3ccccc3)cc21. The average molecular weight is 396 g/mol. The van der Waals surface area contributed by atoms with E-state index in [-0.39, 0.29) is 16.3 Å². The minimum Gasteiger partial charge on any atom is -0.280 e. The topological polar surface area (TPSA) is 49.4 Å². The molecule has 0 unspecified atom stereocenters. The third-order valence-corrected chi connectivity index (χ3v) is 5.76. The zero-order valence-corrected chi connectivity index (χ0v) is 15.8. The van der Waals surface area contributed by atoms with Gasteiger partial charge >= 0.3 is 6.30 Å². The molecular weight excluding hydrogens is 377 g/mol. The number of sulfonamides is 1. The molecule has 0 amide bonds. The van der Waals surface area contributed by atoms with Gasteiger partial charge in [0.05, 0.1) is 16.1 Å². The van der Waals surface area contributed by atoms with E-state index < -0.39 is 21.9 Å². The third kappa shape index (κ3) is 3.66. The van der Waals surface area contributed by atoms with Gasteiger partial charge in [0.2, 0.25) is 0 Å². The molecule has 4 nitrogen and oxygen atoms in total. The summed E-state index contributed by atoms with van der Waals surface area (Å²) in [6.07, 6.45) is -3.04. The molecule has 0 saturated heterocycles. The number of allylic oxidation sites excluding steroid dienone is 1. The number of halogens is 3. The lowest BCUT2D eigenvalue weighted by Crippen LogP contribution is -2.53. The van der Waals surface area contributed by atoms with E-state index >= 15 is 0 Å². The Morgan fingerprint density at radius 3 is 2.26 bits per heavy atom. The third-order valence-electron chi connectivity index (χ3n) is 4.37. The van der Waals surface area contributed by atoms with Crippen molar-refractivity contribution in [2.24, 2.45) is 0 Å². The van der Waals surface area contributed by atoms with Crippen molar-refractivity contribution in [3.63, 3.8) is 0 Å². The first kappa shape index (κ1) is 19.3. The van der Waals surface area contributed by atoms with E-state index in [9.17, 15) is 21.6 Å². The Balaban J connectivity index is 2.04. The van der Waals surface area contributed by atoms with Gasteiger partial charge in [-0.1, -0.05) is 24.3 Å². The molecule has 1 heterocycles. The minimum atomic E-state index is -4.57. The van der Waals surface area contributed by atoms with Crippen LogP contribution in [0.2, 0.25) is 0 Å². The molecule has 0 atom stereocenters. The predicted molar refractivity (Wildman–Crippen MR) is 100.0 cm³/mol. The molecule has 2 aromatic rings. The highest BCUT2D eigenvalue weighted by atomic mass is 32.2. The number of anilines is 2. The maximum absolute atomic E-state index is 13.6. The Morgan fingerprint density at radius 1 is 1.04 bits per heavy atom. The van der Waals surface area contributed by atoms with Crippen molar-refractivity contribution in [2.75, 3.05) is 9.62 Å². The molecule has 0 fully saturated rings. The summed E-state index contributed by atoms with van der Waals surface area (Å²) in [6, 6.07) is 11.8. The van der Waals surface area contributed by atoms with Gasteiger partial charge in [-0.05, 0) is 56.7 Å². The predicted octanol–water partition coefficient (Wildman–Crippen LogP) is 5.01. The van der Waals surface area contributed by atoms with Gasteiger partial charge in [-0.3, -0.25) is 9.62 Å². The zero-order chi connectivity index (χ0) is 20.0. The van der Waals surface area contributed by atoms with Crippen LogP contribution >= 0.6 is 0 Å². The maximum Gasteiger partial charge on any atom is 0.485 e. The van der Waals surface area contributed by atoms with Gasteiger partial charge < -0.3 is 0 Å². The van der Waals surface area contributed by atoms with E-state index in [0.717, 1.165) is 0 Å². The summed E-state index contributed by atoms with van der Waals surface area (Å²) in [5.41, 5.74) is -0.0704. The van der Waals surface area contributed by atoms with Crippen LogP contribution in [0.5, 0.6) is 0 Å². The van der Waals surface area contributed by atoms with Gasteiger partial charge in [0.15, 0.2) is 0 Å². The summed E-state index contributed by atoms with van der Waals surface area (Å²) in [6.45, 7) is 4.68. The van der Waals surface area contributed by atoms with Crippen molar-refractivity contribution in [1.29, 1.82) is 0 Å². The number of nitrogens with zero attached hydrogens (tertiary/aromatic N) is 1. The molecule has 0 aromatic heterocycles. The largest absolute Gasteiger partial charge is 0.485 e. The summed E-state index contributed by atoms with van der Waals surface area (Å²) in [5.74, 6) is 0. The van der Waals surface area contributed by atoms with Gasteiger partial charge in [-0.15, -0.1) is 0 Å². The molecule has 1 aliphatic rings. The number of alkyl halides is 3. The number of benzene rings is 2. The lowest BCUT2D eigenvalue weighted by molar-refractivity contribution is -0.138. The van der Waals surface area contributed by atoms with Crippen molar-refractivity contribution < 1.29 is 21.6 Å². The molecule has 0 radical (unpaired) electrons. The van der Waals surface area contributed by atoms with Gasteiger partial charge in [0.25, 0.3) is 10.0 Å². The highest BCUT2D eigenvalue weighted by molar-refractivity contribution is 7.92. The van der Waals surface area contributed by atoms with Crippen molar-refractivity contribution in [3.8, 4) is 0 Å². The second-order valence-electron chi connectivity index (χ2n) is 6.93. The summed E-state index contributed by atoms with van der Waals surface area (Å²) in [5, 5.41) is 0. The van der Waals surface area contributed by atoms with E-state index in [4.69, 9.17) is 0 Å². The lowest BCUT2D eigenvalue weighted by atomic mass is 9.89. The molecule has 8 heteroatoms. The van der Waals surface area contributed by atoms with Crippen LogP contribution in [0.4, 0.5) is 24.5 Å². The fourth-order valence-corrected chi connectivity index (χ4v) is 4.44. The average Bonchev–Trinajstić information content (AvgIpc) is 2.54. The van der Waals surface area contributed by atoms with E-state index in [1.165, 1.54) is 50.3 Å². The summed E-state index contributed by atoms with van der Waals surface area (Å²) >= 11 is 0. The Bertz CT molecular complexity index is 997. The van der Waals surface area contributed by atoms with Crippen LogP contribution in [-0.2, 0) is 10.0 Å². The highest BCUT2D eigenvalue weighted by Crippen LogP contribution is 2.45. The van der Waals surface area contributed by atoms with Gasteiger partial charge in [-0.2, -0.15) is 13.2 Å². The van der Waals surface area contributed by atoms with Crippen molar-refractivity contribution >= 4 is 27.0 Å². The smallest absolute Gasteiger partial charge is 0.280 e. The highest BCUT2D eigenvalue weighted by Gasteiger charge is 2.48. The molecule has 0 saturated carbocycles. The normalized spacial score (nSPS) is 16.5. The standard InChI is InChI=1S/C19H19F3N2O2S/c1-13-12-18(2,3)24(19(20,21)22)17-10-9-14(11-16(13)17)23-27(25,26)15-7-5-4-6-8-15/h4-12,23H,1-3H3. The van der Waals surface area contributed by atoms with E-state index in [0.29, 0.717) is 16.0 Å². The molecule has 0 bridgehead atoms. The number of hydrogen-bond acceptors (Lipinski definition) is 3. The van der Waals surface area contributed by atoms with Gasteiger partial charge in [0, 0.05) is 11.3 Å². The first-order chi connectivity index (χ1) is 12.4. The molecule has 27 heavy (non-hydrogen) atoms. The Morgan fingerprint density at radius 2 is 1.67 bits per heavy atom. The summed E-state index contributed by atoms with van der Waals surface area (Å²) in [4.78, 5) is 0.464. The minimum absolute atomic E-state index is 0.00448. The molecule has 3 rings (SSSR count). The second kappa shape index (κ2) is 6.30. The zero-order valence-electron chi connectivity index (χ0n) is 15.0. The second-order valence-corrected chi connectivity index (χ2v) is 8.62. The van der Waals surface area contributed by atoms with Crippen LogP contribution in [-0.4, -0.2) is 20.3 Å². The van der Waals surface area contributed by atoms with E-state index in [1.807, 2.05) is 0 Å². The van der Waals surface area contributed by atoms with Crippen LogP contribution in [0.15, 0.2) is 59.5 Å². The van der Waals surface area contributed by atoms with Crippen LogP contribution < -0.4 is 9.62 Å². The van der Waals surface area contributed by atoms with Gasteiger partial charge in [-0.25, -0.2) is 8.42 Å². The Kier molecular flexibility index (Phi) is 4.50. The molecule has 1 aliphatic heterocycles. The van der Waals surface area contributed by atoms with E-state index in [1.54, 1.807) is 25.1 Å². The van der Waals surface area contributed by atoms with E-state index in [2.05, 4.69) is 4.72 Å². The molecule has 1 N–H and O–H groups in total. The first-order valence-electron chi connectivity index (χ1n) is 8.21. The van der Waals surface area contributed by atoms with Crippen LogP contribution in [0.3, 0.4) is 0 Å². The quantitative estimate of drug-likeness (QED) is 0.742. The first-order valence-corrected chi connectivity index (χ1v) is 9.69. The number of hydrogen-bond donors (Lipinski definition) is 1. The monoisotopic (exact) mass is 396 g/mol. The van der Waals surface area contributed by atoms with Crippen LogP contribution in [0.1, 0.15) is 26.3 Å². The van der Waals surface area contributed by atoms with Gasteiger partial charge in [0.1, 0.15) is 0 Å². The molecule has 144 valence electrons. The van der Waals surface area contributed by atoms with Crippen molar-refractivity contribution in [1.82, 2.24) is 0 Å². The van der Waals surface area contributed by atoms with Crippen LogP contribution in [0, 0.1) is 0 Å². The van der Waals surface area contributed by atoms with Crippen molar-refractivity contribution in [2.45, 2.75) is 37.5 Å². The fourth-order valence-electron chi connectivity index (χ4n) is 3.37. The molecule has 0 aliphatic carbocycles. The number of fused-ring (bicyclic) bond motifs is 1.